The second kappa shape index (κ2) is 5.01. The first-order valence-electron chi connectivity index (χ1n) is 4.45. The predicted octanol–water partition coefficient (Wildman–Crippen LogP) is 2.79. The summed E-state index contributed by atoms with van der Waals surface area (Å²) in [6.07, 6.45) is 2.18. The van der Waals surface area contributed by atoms with Gasteiger partial charge in [0.2, 0.25) is 0 Å². The van der Waals surface area contributed by atoms with Gasteiger partial charge in [-0.25, -0.2) is 0 Å². The molecule has 0 saturated carbocycles. The van der Waals surface area contributed by atoms with E-state index in [4.69, 9.17) is 16.3 Å². The van der Waals surface area contributed by atoms with Gasteiger partial charge in [-0.3, -0.25) is 0 Å². The zero-order valence-corrected chi connectivity index (χ0v) is 9.10. The third-order valence-electron chi connectivity index (χ3n) is 2.14. The molecule has 0 bridgehead atoms. The summed E-state index contributed by atoms with van der Waals surface area (Å²) >= 11 is 5.97. The van der Waals surface area contributed by atoms with E-state index in [-0.39, 0.29) is 0 Å². The summed E-state index contributed by atoms with van der Waals surface area (Å²) in [5, 5.41) is 0.596. The quantitative estimate of drug-likeness (QED) is 0.718. The van der Waals surface area contributed by atoms with Crippen molar-refractivity contribution in [2.75, 3.05) is 7.11 Å². The Morgan fingerprint density at radius 2 is 2.21 bits per heavy atom. The van der Waals surface area contributed by atoms with E-state index in [0.29, 0.717) is 17.2 Å². The standard InChI is InChI=1S/C11H13ClO2/c1-8-6-11(14-2)10(12)7-9(8)4-3-5-13/h5-7H,3-4H2,1-2H3. The van der Waals surface area contributed by atoms with Crippen molar-refractivity contribution in [1.82, 2.24) is 0 Å². The molecule has 0 spiro atoms. The van der Waals surface area contributed by atoms with Gasteiger partial charge in [-0.2, -0.15) is 0 Å². The Kier molecular flexibility index (Phi) is 3.96. The average molecular weight is 213 g/mol. The first kappa shape index (κ1) is 11.1. The summed E-state index contributed by atoms with van der Waals surface area (Å²) in [5.74, 6) is 0.680. The van der Waals surface area contributed by atoms with Gasteiger partial charge >= 0.3 is 0 Å². The normalized spacial score (nSPS) is 9.93. The number of methoxy groups -OCH3 is 1. The van der Waals surface area contributed by atoms with Crippen LogP contribution in [0.2, 0.25) is 5.02 Å². The number of halogens is 1. The van der Waals surface area contributed by atoms with Crippen molar-refractivity contribution in [2.24, 2.45) is 0 Å². The average Bonchev–Trinajstić information content (AvgIpc) is 2.18. The number of benzene rings is 1. The summed E-state index contributed by atoms with van der Waals surface area (Å²) < 4.78 is 5.08. The van der Waals surface area contributed by atoms with E-state index >= 15 is 0 Å². The van der Waals surface area contributed by atoms with E-state index in [2.05, 4.69) is 0 Å². The van der Waals surface area contributed by atoms with Crippen LogP contribution < -0.4 is 4.74 Å². The Balaban J connectivity index is 2.96. The lowest BCUT2D eigenvalue weighted by Gasteiger charge is -2.08. The van der Waals surface area contributed by atoms with Crippen molar-refractivity contribution in [2.45, 2.75) is 19.8 Å². The minimum Gasteiger partial charge on any atom is -0.495 e. The molecule has 14 heavy (non-hydrogen) atoms. The Morgan fingerprint density at radius 1 is 1.50 bits per heavy atom. The first-order valence-corrected chi connectivity index (χ1v) is 4.83. The van der Waals surface area contributed by atoms with Gasteiger partial charge in [0.05, 0.1) is 12.1 Å². The monoisotopic (exact) mass is 212 g/mol. The summed E-state index contributed by atoms with van der Waals surface area (Å²) in [6.45, 7) is 1.99. The molecule has 0 aliphatic rings. The zero-order chi connectivity index (χ0) is 10.6. The van der Waals surface area contributed by atoms with Crippen LogP contribution in [0, 0.1) is 6.92 Å². The molecule has 0 fully saturated rings. The highest BCUT2D eigenvalue weighted by Gasteiger charge is 2.05. The fraction of sp³-hybridized carbons (Fsp3) is 0.364. The molecule has 76 valence electrons. The maximum Gasteiger partial charge on any atom is 0.137 e. The molecular formula is C11H13ClO2. The Morgan fingerprint density at radius 3 is 2.79 bits per heavy atom. The van der Waals surface area contributed by atoms with Gasteiger partial charge in [0.1, 0.15) is 12.0 Å². The number of ether oxygens (including phenoxy) is 1. The van der Waals surface area contributed by atoms with Gasteiger partial charge < -0.3 is 9.53 Å². The maximum atomic E-state index is 10.2. The van der Waals surface area contributed by atoms with Gasteiger partial charge in [0, 0.05) is 6.42 Å². The highest BCUT2D eigenvalue weighted by molar-refractivity contribution is 6.32. The van der Waals surface area contributed by atoms with E-state index in [0.717, 1.165) is 23.8 Å². The van der Waals surface area contributed by atoms with E-state index in [9.17, 15) is 4.79 Å². The Labute approximate surface area is 88.8 Å². The second-order valence-corrected chi connectivity index (χ2v) is 3.53. The fourth-order valence-corrected chi connectivity index (χ4v) is 1.60. The molecule has 1 rings (SSSR count). The molecule has 0 radical (unpaired) electrons. The topological polar surface area (TPSA) is 26.3 Å². The van der Waals surface area contributed by atoms with Crippen LogP contribution in [0.3, 0.4) is 0 Å². The van der Waals surface area contributed by atoms with Crippen molar-refractivity contribution < 1.29 is 9.53 Å². The lowest BCUT2D eigenvalue weighted by Crippen LogP contribution is -1.93. The van der Waals surface area contributed by atoms with Crippen molar-refractivity contribution in [3.05, 3.63) is 28.3 Å². The number of hydrogen-bond acceptors (Lipinski definition) is 2. The van der Waals surface area contributed by atoms with Crippen LogP contribution in [0.25, 0.3) is 0 Å². The van der Waals surface area contributed by atoms with Gasteiger partial charge in [-0.1, -0.05) is 11.6 Å². The Hall–Kier alpha value is -1.02. The number of rotatable bonds is 4. The molecule has 1 aromatic carbocycles. The molecule has 0 heterocycles. The van der Waals surface area contributed by atoms with Crippen LogP contribution in [-0.2, 0) is 11.2 Å². The zero-order valence-electron chi connectivity index (χ0n) is 8.34. The molecule has 1 aromatic rings. The third-order valence-corrected chi connectivity index (χ3v) is 2.44. The van der Waals surface area contributed by atoms with Crippen LogP contribution in [0.4, 0.5) is 0 Å². The Bertz CT molecular complexity index is 334. The molecule has 2 nitrogen and oxygen atoms in total. The van der Waals surface area contributed by atoms with Crippen LogP contribution in [-0.4, -0.2) is 13.4 Å². The molecule has 0 aliphatic carbocycles. The van der Waals surface area contributed by atoms with Crippen molar-refractivity contribution in [1.29, 1.82) is 0 Å². The van der Waals surface area contributed by atoms with Crippen molar-refractivity contribution in [3.8, 4) is 5.75 Å². The van der Waals surface area contributed by atoms with Crippen LogP contribution in [0.15, 0.2) is 12.1 Å². The van der Waals surface area contributed by atoms with Gasteiger partial charge in [-0.15, -0.1) is 0 Å². The fourth-order valence-electron chi connectivity index (χ4n) is 1.34. The SMILES string of the molecule is COc1cc(C)c(CCC=O)cc1Cl. The van der Waals surface area contributed by atoms with Crippen molar-refractivity contribution in [3.63, 3.8) is 0 Å². The third kappa shape index (κ3) is 2.48. The number of carbonyl (C=O) groups is 1. The summed E-state index contributed by atoms with van der Waals surface area (Å²) in [7, 11) is 1.59. The molecule has 3 heteroatoms. The minimum absolute atomic E-state index is 0.531. The molecule has 0 amide bonds. The lowest BCUT2D eigenvalue weighted by atomic mass is 10.0. The highest BCUT2D eigenvalue weighted by Crippen LogP contribution is 2.28. The molecule has 0 atom stereocenters. The second-order valence-electron chi connectivity index (χ2n) is 3.12. The molecule has 0 N–H and O–H groups in total. The van der Waals surface area contributed by atoms with E-state index in [1.54, 1.807) is 7.11 Å². The van der Waals surface area contributed by atoms with Gasteiger partial charge in [0.25, 0.3) is 0 Å². The van der Waals surface area contributed by atoms with Crippen molar-refractivity contribution >= 4 is 17.9 Å². The van der Waals surface area contributed by atoms with Crippen LogP contribution in [0.1, 0.15) is 17.5 Å². The highest BCUT2D eigenvalue weighted by atomic mass is 35.5. The number of aryl methyl sites for hydroxylation is 2. The summed E-state index contributed by atoms with van der Waals surface area (Å²) in [4.78, 5) is 10.2. The largest absolute Gasteiger partial charge is 0.495 e. The van der Waals surface area contributed by atoms with Gasteiger partial charge in [0.15, 0.2) is 0 Å². The number of aldehydes is 1. The van der Waals surface area contributed by atoms with E-state index in [1.165, 1.54) is 0 Å². The van der Waals surface area contributed by atoms with E-state index < -0.39 is 0 Å². The smallest absolute Gasteiger partial charge is 0.137 e. The number of hydrogen-bond donors (Lipinski definition) is 0. The molecular weight excluding hydrogens is 200 g/mol. The van der Waals surface area contributed by atoms with E-state index in [1.807, 2.05) is 19.1 Å². The van der Waals surface area contributed by atoms with Crippen LogP contribution in [0.5, 0.6) is 5.75 Å². The van der Waals surface area contributed by atoms with Gasteiger partial charge in [-0.05, 0) is 36.6 Å². The summed E-state index contributed by atoms with van der Waals surface area (Å²) in [6, 6.07) is 3.75. The predicted molar refractivity (Wildman–Crippen MR) is 57.1 cm³/mol. The molecule has 0 unspecified atom stereocenters. The lowest BCUT2D eigenvalue weighted by molar-refractivity contribution is -0.107. The minimum atomic E-state index is 0.531. The van der Waals surface area contributed by atoms with Crippen LogP contribution >= 0.6 is 11.6 Å². The molecule has 0 aliphatic heterocycles. The molecule has 0 aromatic heterocycles. The maximum absolute atomic E-state index is 10.2. The number of carbonyl (C=O) groups excluding carboxylic acids is 1. The first-order chi connectivity index (χ1) is 6.69. The summed E-state index contributed by atoms with van der Waals surface area (Å²) in [5.41, 5.74) is 2.20. The molecule has 0 saturated heterocycles.